The number of hydrogen-bond donors (Lipinski definition) is 4. The summed E-state index contributed by atoms with van der Waals surface area (Å²) < 4.78 is 24.1. The van der Waals surface area contributed by atoms with Crippen LogP contribution in [0.4, 0.5) is 5.69 Å². The molecule has 4 N–H and O–H groups in total. The molecular weight excluding hydrogens is 630 g/mol. The van der Waals surface area contributed by atoms with Crippen LogP contribution in [0.5, 0.6) is 5.75 Å². The second kappa shape index (κ2) is 11.5. The van der Waals surface area contributed by atoms with E-state index in [1.54, 1.807) is 13.8 Å². The van der Waals surface area contributed by atoms with Gasteiger partial charge < -0.3 is 39.4 Å². The monoisotopic (exact) mass is 669 g/mol. The number of carbonyl (C=O) groups is 3. The molecule has 2 amide bonds. The fraction of sp³-hybridized carbons (Fsp3) is 0.417. The van der Waals surface area contributed by atoms with E-state index in [-0.39, 0.29) is 42.4 Å². The first-order valence-electron chi connectivity index (χ1n) is 16.4. The van der Waals surface area contributed by atoms with Crippen molar-refractivity contribution in [1.29, 1.82) is 0 Å². The van der Waals surface area contributed by atoms with Crippen LogP contribution < -0.4 is 20.7 Å². The SMILES string of the molecule is CCC(O)(CC)C(=O)N[C@H]1Cc2ccc3c(c2)C2(c4ccccc4N[C@@H]2O3)c2oc(nc2-c2nc(C(=O)OC)co2)[C@H](C(C)(C)C)NC1=O. The van der Waals surface area contributed by atoms with Gasteiger partial charge in [0.2, 0.25) is 17.7 Å². The van der Waals surface area contributed by atoms with Crippen molar-refractivity contribution in [1.82, 2.24) is 20.6 Å². The number of benzene rings is 2. The third-order valence-electron chi connectivity index (χ3n) is 9.90. The van der Waals surface area contributed by atoms with Gasteiger partial charge in [-0.25, -0.2) is 14.8 Å². The van der Waals surface area contributed by atoms with E-state index >= 15 is 0 Å². The molecule has 2 aromatic carbocycles. The molecule has 7 rings (SSSR count). The van der Waals surface area contributed by atoms with Gasteiger partial charge in [0.15, 0.2) is 23.4 Å². The van der Waals surface area contributed by atoms with E-state index in [0.29, 0.717) is 11.5 Å². The second-order valence-corrected chi connectivity index (χ2v) is 13.9. The number of aromatic nitrogens is 2. The topological polar surface area (TPSA) is 178 Å². The standard InChI is InChI=1S/C36H39N5O8/c1-7-35(45,8-2)32(44)38-22-16-18-13-14-24-20(15-18)36(19-11-9-10-12-21(19)39-33(36)48-24)27-25(29-37-23(17-47-29)31(43)46-6)40-30(49-27)26(34(3,4)5)41-28(22)42/h9-15,17,22,26,33,39,45H,7-8,16H2,1-6H3,(H,38,44)(H,41,42)/t22-,26+,33+,36?/m0/s1. The van der Waals surface area contributed by atoms with E-state index in [4.69, 9.17) is 23.3 Å². The predicted octanol–water partition coefficient (Wildman–Crippen LogP) is 4.39. The van der Waals surface area contributed by atoms with Crippen LogP contribution in [0.1, 0.15) is 92.3 Å². The Balaban J connectivity index is 1.49. The van der Waals surface area contributed by atoms with Gasteiger partial charge in [0.05, 0.1) is 7.11 Å². The number of fused-ring (bicyclic) bond motifs is 4. The fourth-order valence-corrected chi connectivity index (χ4v) is 7.01. The summed E-state index contributed by atoms with van der Waals surface area (Å²) in [4.78, 5) is 49.4. The molecule has 4 bridgehead atoms. The van der Waals surface area contributed by atoms with Gasteiger partial charge in [0.25, 0.3) is 5.91 Å². The molecule has 4 aromatic rings. The Labute approximate surface area is 282 Å². The Bertz CT molecular complexity index is 1970. The Kier molecular flexibility index (Phi) is 7.58. The molecule has 0 saturated carbocycles. The molecule has 5 heterocycles. The average Bonchev–Trinajstić information content (AvgIpc) is 3.86. The number of carbonyl (C=O) groups excluding carboxylic acids is 3. The highest BCUT2D eigenvalue weighted by molar-refractivity contribution is 5.92. The lowest BCUT2D eigenvalue weighted by atomic mass is 9.72. The molecule has 0 saturated heterocycles. The maximum Gasteiger partial charge on any atom is 0.360 e. The van der Waals surface area contributed by atoms with Gasteiger partial charge in [-0.3, -0.25) is 9.59 Å². The van der Waals surface area contributed by atoms with Crippen LogP contribution in [0.15, 0.2) is 57.6 Å². The van der Waals surface area contributed by atoms with E-state index in [9.17, 15) is 19.5 Å². The van der Waals surface area contributed by atoms with Gasteiger partial charge in [-0.2, -0.15) is 0 Å². The number of aliphatic hydroxyl groups is 1. The summed E-state index contributed by atoms with van der Waals surface area (Å²) >= 11 is 0. The van der Waals surface area contributed by atoms with Crippen LogP contribution in [0.25, 0.3) is 11.6 Å². The van der Waals surface area contributed by atoms with Crippen LogP contribution in [-0.4, -0.2) is 57.8 Å². The number of hydrogen-bond acceptors (Lipinski definition) is 11. The molecule has 3 aliphatic rings. The van der Waals surface area contributed by atoms with Crippen molar-refractivity contribution in [2.45, 2.75) is 83.2 Å². The zero-order valence-electron chi connectivity index (χ0n) is 28.2. The van der Waals surface area contributed by atoms with Crippen molar-refractivity contribution in [2.75, 3.05) is 12.4 Å². The molecule has 0 fully saturated rings. The number of esters is 1. The smallest absolute Gasteiger partial charge is 0.360 e. The van der Waals surface area contributed by atoms with E-state index in [1.165, 1.54) is 13.4 Å². The third kappa shape index (κ3) is 4.97. The van der Waals surface area contributed by atoms with Crippen molar-refractivity contribution < 1.29 is 37.8 Å². The van der Waals surface area contributed by atoms with Gasteiger partial charge >= 0.3 is 5.97 Å². The highest BCUT2D eigenvalue weighted by atomic mass is 16.5. The molecule has 256 valence electrons. The van der Waals surface area contributed by atoms with Gasteiger partial charge in [-0.05, 0) is 41.5 Å². The molecule has 4 atom stereocenters. The predicted molar refractivity (Wildman–Crippen MR) is 176 cm³/mol. The number of oxazole rings is 2. The zero-order chi connectivity index (χ0) is 34.9. The van der Waals surface area contributed by atoms with Crippen molar-refractivity contribution in [3.8, 4) is 17.3 Å². The van der Waals surface area contributed by atoms with E-state index in [1.807, 2.05) is 63.2 Å². The highest BCUT2D eigenvalue weighted by Gasteiger charge is 2.61. The average molecular weight is 670 g/mol. The minimum Gasteiger partial charge on any atom is -0.469 e. The summed E-state index contributed by atoms with van der Waals surface area (Å²) in [6.07, 6.45) is 1.02. The first kappa shape index (κ1) is 32.4. The number of methoxy groups -OCH3 is 1. The van der Waals surface area contributed by atoms with Gasteiger partial charge in [-0.1, -0.05) is 65.0 Å². The number of ether oxygens (including phenoxy) is 2. The van der Waals surface area contributed by atoms with Crippen LogP contribution in [0, 0.1) is 5.41 Å². The summed E-state index contributed by atoms with van der Waals surface area (Å²) in [5, 5.41) is 20.5. The molecule has 0 aliphatic carbocycles. The first-order chi connectivity index (χ1) is 23.3. The normalized spacial score (nSPS) is 22.4. The Morgan fingerprint density at radius 3 is 2.55 bits per heavy atom. The van der Waals surface area contributed by atoms with Crippen LogP contribution in [-0.2, 0) is 26.2 Å². The number of anilines is 1. The summed E-state index contributed by atoms with van der Waals surface area (Å²) in [6, 6.07) is 11.6. The molecule has 1 unspecified atom stereocenters. The van der Waals surface area contributed by atoms with Crippen molar-refractivity contribution in [3.05, 3.63) is 82.8 Å². The van der Waals surface area contributed by atoms with Crippen LogP contribution in [0.2, 0.25) is 0 Å². The lowest BCUT2D eigenvalue weighted by molar-refractivity contribution is -0.143. The number of amides is 2. The summed E-state index contributed by atoms with van der Waals surface area (Å²) in [5.41, 5.74) is -0.0644. The third-order valence-corrected chi connectivity index (χ3v) is 9.90. The molecule has 0 radical (unpaired) electrons. The summed E-state index contributed by atoms with van der Waals surface area (Å²) in [7, 11) is 1.25. The number of nitrogens with zero attached hydrogens (tertiary/aromatic N) is 2. The van der Waals surface area contributed by atoms with Crippen molar-refractivity contribution in [2.24, 2.45) is 5.41 Å². The van der Waals surface area contributed by atoms with E-state index < -0.39 is 52.5 Å². The molecule has 13 nitrogen and oxygen atoms in total. The minimum absolute atomic E-state index is 0.0184. The van der Waals surface area contributed by atoms with Gasteiger partial charge in [-0.15, -0.1) is 0 Å². The number of nitrogens with one attached hydrogen (secondary N) is 3. The second-order valence-electron chi connectivity index (χ2n) is 13.9. The Hall–Kier alpha value is -5.17. The number of rotatable bonds is 6. The van der Waals surface area contributed by atoms with E-state index in [0.717, 1.165) is 22.4 Å². The van der Waals surface area contributed by atoms with Crippen LogP contribution >= 0.6 is 0 Å². The van der Waals surface area contributed by atoms with E-state index in [2.05, 4.69) is 20.9 Å². The minimum atomic E-state index is -1.64. The summed E-state index contributed by atoms with van der Waals surface area (Å²) in [5.74, 6) is -0.670. The lowest BCUT2D eigenvalue weighted by Gasteiger charge is -2.33. The fourth-order valence-electron chi connectivity index (χ4n) is 7.01. The molecule has 1 spiro atoms. The van der Waals surface area contributed by atoms with Crippen LogP contribution in [0.3, 0.4) is 0 Å². The Morgan fingerprint density at radius 1 is 1.08 bits per heavy atom. The first-order valence-corrected chi connectivity index (χ1v) is 16.4. The Morgan fingerprint density at radius 2 is 1.84 bits per heavy atom. The van der Waals surface area contributed by atoms with Crippen molar-refractivity contribution >= 4 is 23.5 Å². The lowest BCUT2D eigenvalue weighted by Crippen LogP contribution is -2.56. The number of para-hydroxylation sites is 1. The largest absolute Gasteiger partial charge is 0.469 e. The maximum atomic E-state index is 14.2. The summed E-state index contributed by atoms with van der Waals surface area (Å²) in [6.45, 7) is 9.25. The van der Waals surface area contributed by atoms with Gasteiger partial charge in [0, 0.05) is 17.7 Å². The molecule has 3 aliphatic heterocycles. The molecule has 13 heteroatoms. The highest BCUT2D eigenvalue weighted by Crippen LogP contribution is 2.59. The molecular formula is C36H39N5O8. The molecule has 49 heavy (non-hydrogen) atoms. The molecule has 2 aromatic heterocycles. The zero-order valence-corrected chi connectivity index (χ0v) is 28.2. The van der Waals surface area contributed by atoms with Gasteiger partial charge in [0.1, 0.15) is 35.1 Å². The maximum absolute atomic E-state index is 14.2. The quantitative estimate of drug-likeness (QED) is 0.214. The van der Waals surface area contributed by atoms with Crippen molar-refractivity contribution in [3.63, 3.8) is 0 Å².